The van der Waals surface area contributed by atoms with Crippen molar-refractivity contribution in [2.24, 2.45) is 0 Å². The zero-order chi connectivity index (χ0) is 19.7. The Morgan fingerprint density at radius 3 is 2.75 bits per heavy atom. The average molecular weight is 392 g/mol. The molecule has 0 N–H and O–H groups in total. The van der Waals surface area contributed by atoms with E-state index in [9.17, 15) is 14.4 Å². The first kappa shape index (κ1) is 18.1. The summed E-state index contributed by atoms with van der Waals surface area (Å²) in [5.41, 5.74) is 3.11. The summed E-state index contributed by atoms with van der Waals surface area (Å²) in [6.07, 6.45) is 0.272. The number of nitrogens with zero attached hydrogens (tertiary/aromatic N) is 2. The van der Waals surface area contributed by atoms with Gasteiger partial charge in [0.25, 0.3) is 0 Å². The van der Waals surface area contributed by atoms with Gasteiger partial charge in [-0.2, -0.15) is 0 Å². The number of carbonyl (C=O) groups excluding carboxylic acids is 3. The van der Waals surface area contributed by atoms with Crippen LogP contribution < -0.4 is 4.90 Å². The van der Waals surface area contributed by atoms with E-state index in [0.29, 0.717) is 10.6 Å². The standard InChI is InChI=1S/C21H16N2O4S/c1-23-17-8-7-14(9-15(17)10-19(23)25)18(24)11-27-21(26)16-12-28-20(22-16)13-5-3-2-4-6-13/h2-9,12H,10-11H2,1H3. The van der Waals surface area contributed by atoms with E-state index >= 15 is 0 Å². The lowest BCUT2D eigenvalue weighted by molar-refractivity contribution is -0.117. The largest absolute Gasteiger partial charge is 0.453 e. The Balaban J connectivity index is 1.40. The molecule has 2 heterocycles. The molecule has 7 heteroatoms. The Labute approximate surface area is 165 Å². The van der Waals surface area contributed by atoms with Gasteiger partial charge in [0.15, 0.2) is 18.1 Å². The minimum absolute atomic E-state index is 0.0104. The van der Waals surface area contributed by atoms with Crippen LogP contribution in [0.2, 0.25) is 0 Å². The Morgan fingerprint density at radius 1 is 1.18 bits per heavy atom. The Morgan fingerprint density at radius 2 is 1.96 bits per heavy atom. The maximum Gasteiger partial charge on any atom is 0.358 e. The maximum absolute atomic E-state index is 12.4. The second kappa shape index (κ2) is 7.36. The van der Waals surface area contributed by atoms with Gasteiger partial charge in [-0.15, -0.1) is 11.3 Å². The van der Waals surface area contributed by atoms with Crippen LogP contribution in [0.25, 0.3) is 10.6 Å². The molecule has 0 fully saturated rings. The van der Waals surface area contributed by atoms with Crippen LogP contribution in [-0.4, -0.2) is 36.3 Å². The summed E-state index contributed by atoms with van der Waals surface area (Å²) in [5, 5.41) is 2.33. The number of rotatable bonds is 5. The number of likely N-dealkylation sites (N-methyl/N-ethyl adjacent to an activating group) is 1. The van der Waals surface area contributed by atoms with Crippen LogP contribution in [0.5, 0.6) is 0 Å². The highest BCUT2D eigenvalue weighted by Crippen LogP contribution is 2.28. The number of fused-ring (bicyclic) bond motifs is 1. The number of aromatic nitrogens is 1. The van der Waals surface area contributed by atoms with Gasteiger partial charge >= 0.3 is 5.97 Å². The molecule has 0 bridgehead atoms. The summed E-state index contributed by atoms with van der Waals surface area (Å²) in [6, 6.07) is 14.6. The number of hydrogen-bond donors (Lipinski definition) is 0. The Bertz CT molecular complexity index is 1080. The number of benzene rings is 2. The van der Waals surface area contributed by atoms with Crippen molar-refractivity contribution in [3.63, 3.8) is 0 Å². The monoisotopic (exact) mass is 392 g/mol. The Hall–Kier alpha value is -3.32. The molecule has 1 aliphatic rings. The number of anilines is 1. The van der Waals surface area contributed by atoms with Crippen molar-refractivity contribution in [1.82, 2.24) is 4.98 Å². The molecule has 0 saturated carbocycles. The molecule has 0 unspecified atom stereocenters. The lowest BCUT2D eigenvalue weighted by atomic mass is 10.1. The number of carbonyl (C=O) groups is 3. The molecule has 1 aliphatic heterocycles. The van der Waals surface area contributed by atoms with E-state index < -0.39 is 5.97 Å². The van der Waals surface area contributed by atoms with Crippen LogP contribution in [0.4, 0.5) is 5.69 Å². The number of Topliss-reactive ketones (excluding diaryl/α,β-unsaturated/α-hetero) is 1. The van der Waals surface area contributed by atoms with Gasteiger partial charge in [0.2, 0.25) is 5.91 Å². The first-order chi connectivity index (χ1) is 13.5. The summed E-state index contributed by atoms with van der Waals surface area (Å²) >= 11 is 1.34. The second-order valence-electron chi connectivity index (χ2n) is 6.38. The topological polar surface area (TPSA) is 76.6 Å². The highest BCUT2D eigenvalue weighted by Gasteiger charge is 2.25. The fourth-order valence-corrected chi connectivity index (χ4v) is 3.81. The third-order valence-electron chi connectivity index (χ3n) is 4.55. The summed E-state index contributed by atoms with van der Waals surface area (Å²) < 4.78 is 5.13. The van der Waals surface area contributed by atoms with Crippen molar-refractivity contribution in [2.45, 2.75) is 6.42 Å². The van der Waals surface area contributed by atoms with Gasteiger partial charge < -0.3 is 9.64 Å². The first-order valence-corrected chi connectivity index (χ1v) is 9.51. The number of thiazole rings is 1. The second-order valence-corrected chi connectivity index (χ2v) is 7.23. The van der Waals surface area contributed by atoms with Crippen molar-refractivity contribution in [2.75, 3.05) is 18.6 Å². The van der Waals surface area contributed by atoms with E-state index in [-0.39, 0.29) is 30.4 Å². The SMILES string of the molecule is CN1C(=O)Cc2cc(C(=O)COC(=O)c3csc(-c4ccccc4)n3)ccc21. The van der Waals surface area contributed by atoms with E-state index in [4.69, 9.17) is 4.74 Å². The Kier molecular flexibility index (Phi) is 4.75. The third kappa shape index (κ3) is 3.44. The van der Waals surface area contributed by atoms with Gasteiger partial charge in [-0.1, -0.05) is 30.3 Å². The highest BCUT2D eigenvalue weighted by atomic mass is 32.1. The predicted molar refractivity (Wildman–Crippen MR) is 106 cm³/mol. The molecule has 1 aromatic heterocycles. The minimum Gasteiger partial charge on any atom is -0.453 e. The van der Waals surface area contributed by atoms with Gasteiger partial charge in [0.1, 0.15) is 5.01 Å². The fraction of sp³-hybridized carbons (Fsp3) is 0.143. The summed E-state index contributed by atoms with van der Waals surface area (Å²) in [5.74, 6) is -0.969. The van der Waals surface area contributed by atoms with Crippen LogP contribution >= 0.6 is 11.3 Å². The van der Waals surface area contributed by atoms with Gasteiger partial charge in [-0.05, 0) is 23.8 Å². The number of ether oxygens (including phenoxy) is 1. The van der Waals surface area contributed by atoms with E-state index in [0.717, 1.165) is 16.8 Å². The molecule has 140 valence electrons. The van der Waals surface area contributed by atoms with Crippen LogP contribution in [0.3, 0.4) is 0 Å². The smallest absolute Gasteiger partial charge is 0.358 e. The van der Waals surface area contributed by atoms with E-state index in [1.165, 1.54) is 11.3 Å². The summed E-state index contributed by atoms with van der Waals surface area (Å²) in [7, 11) is 1.70. The number of ketones is 1. The van der Waals surface area contributed by atoms with Crippen molar-refractivity contribution in [1.29, 1.82) is 0 Å². The first-order valence-electron chi connectivity index (χ1n) is 8.63. The molecule has 0 spiro atoms. The molecule has 0 saturated heterocycles. The van der Waals surface area contributed by atoms with Gasteiger partial charge in [-0.25, -0.2) is 9.78 Å². The third-order valence-corrected chi connectivity index (χ3v) is 5.44. The highest BCUT2D eigenvalue weighted by molar-refractivity contribution is 7.13. The zero-order valence-corrected chi connectivity index (χ0v) is 15.9. The van der Waals surface area contributed by atoms with Crippen molar-refractivity contribution in [3.8, 4) is 10.6 Å². The molecule has 4 rings (SSSR count). The molecule has 28 heavy (non-hydrogen) atoms. The predicted octanol–water partition coefficient (Wildman–Crippen LogP) is 3.37. The lowest BCUT2D eigenvalue weighted by Crippen LogP contribution is -2.20. The van der Waals surface area contributed by atoms with Crippen LogP contribution in [0.15, 0.2) is 53.9 Å². The van der Waals surface area contributed by atoms with Gasteiger partial charge in [0.05, 0.1) is 6.42 Å². The van der Waals surface area contributed by atoms with Crippen LogP contribution in [-0.2, 0) is 16.0 Å². The quantitative estimate of drug-likeness (QED) is 0.491. The van der Waals surface area contributed by atoms with Gasteiger partial charge in [-0.3, -0.25) is 9.59 Å². The maximum atomic E-state index is 12.4. The van der Waals surface area contributed by atoms with Crippen LogP contribution in [0.1, 0.15) is 26.4 Å². The molecule has 0 aliphatic carbocycles. The van der Waals surface area contributed by atoms with Crippen molar-refractivity contribution >= 4 is 34.7 Å². The molecule has 0 radical (unpaired) electrons. The van der Waals surface area contributed by atoms with E-state index in [1.54, 1.807) is 35.5 Å². The van der Waals surface area contributed by atoms with E-state index in [2.05, 4.69) is 4.98 Å². The summed E-state index contributed by atoms with van der Waals surface area (Å²) in [6.45, 7) is -0.375. The zero-order valence-electron chi connectivity index (χ0n) is 15.0. The molecular weight excluding hydrogens is 376 g/mol. The molecule has 3 aromatic rings. The number of hydrogen-bond acceptors (Lipinski definition) is 6. The minimum atomic E-state index is -0.636. The molecule has 0 atom stereocenters. The number of esters is 1. The van der Waals surface area contributed by atoms with E-state index in [1.807, 2.05) is 30.3 Å². The van der Waals surface area contributed by atoms with Crippen molar-refractivity contribution in [3.05, 3.63) is 70.7 Å². The number of amides is 1. The fourth-order valence-electron chi connectivity index (χ4n) is 3.01. The van der Waals surface area contributed by atoms with Gasteiger partial charge in [0, 0.05) is 29.2 Å². The normalized spacial score (nSPS) is 12.8. The lowest BCUT2D eigenvalue weighted by Gasteiger charge is -2.10. The molecule has 2 aromatic carbocycles. The average Bonchev–Trinajstić information content (AvgIpc) is 3.32. The molecular formula is C21H16N2O4S. The summed E-state index contributed by atoms with van der Waals surface area (Å²) in [4.78, 5) is 42.2. The molecule has 6 nitrogen and oxygen atoms in total. The van der Waals surface area contributed by atoms with Crippen LogP contribution in [0, 0.1) is 0 Å². The molecule has 1 amide bonds. The van der Waals surface area contributed by atoms with Crippen molar-refractivity contribution < 1.29 is 19.1 Å².